The van der Waals surface area contributed by atoms with Gasteiger partial charge >= 0.3 is 0 Å². The lowest BCUT2D eigenvalue weighted by Gasteiger charge is -2.37. The maximum absolute atomic E-state index is 12.5. The molecule has 9 heteroatoms. The number of nitrogens with one attached hydrogen (secondary N) is 1. The normalized spacial score (nSPS) is 23.1. The third-order valence-electron chi connectivity index (χ3n) is 5.25. The summed E-state index contributed by atoms with van der Waals surface area (Å²) in [5.74, 6) is 0.0416. The molecule has 1 N–H and O–H groups in total. The third-order valence-corrected chi connectivity index (χ3v) is 8.29. The molecule has 0 saturated carbocycles. The van der Waals surface area contributed by atoms with E-state index in [0.717, 1.165) is 17.7 Å². The van der Waals surface area contributed by atoms with Gasteiger partial charge in [0.15, 0.2) is 0 Å². The molecule has 1 fully saturated rings. The van der Waals surface area contributed by atoms with Gasteiger partial charge in [-0.05, 0) is 36.4 Å². The standard InChI is InChI=1S/C18H22N4O3S2/c1-21-12-15(17-16(6-11-26-17)27(21,24)25)20-14-4-9-22(10-5-14)18(23)13-2-7-19-8-3-13/h2-3,6-8,11,14-15,20H,4-5,9-10,12H2,1H3. The summed E-state index contributed by atoms with van der Waals surface area (Å²) in [6, 6.07) is 5.43. The van der Waals surface area contributed by atoms with E-state index in [2.05, 4.69) is 10.3 Å². The van der Waals surface area contributed by atoms with Crippen LogP contribution in [0.1, 0.15) is 34.1 Å². The minimum atomic E-state index is -3.36. The van der Waals surface area contributed by atoms with E-state index in [9.17, 15) is 13.2 Å². The van der Waals surface area contributed by atoms with Crippen molar-refractivity contribution in [3.8, 4) is 0 Å². The van der Waals surface area contributed by atoms with Gasteiger partial charge in [0, 0.05) is 55.6 Å². The van der Waals surface area contributed by atoms with E-state index in [0.29, 0.717) is 30.1 Å². The minimum Gasteiger partial charge on any atom is -0.339 e. The molecule has 1 atom stereocenters. The monoisotopic (exact) mass is 406 g/mol. The number of amides is 1. The zero-order chi connectivity index (χ0) is 19.0. The van der Waals surface area contributed by atoms with Gasteiger partial charge in [-0.15, -0.1) is 11.3 Å². The molecule has 2 aromatic heterocycles. The molecule has 7 nitrogen and oxygen atoms in total. The zero-order valence-corrected chi connectivity index (χ0v) is 16.7. The fourth-order valence-electron chi connectivity index (χ4n) is 3.72. The van der Waals surface area contributed by atoms with Crippen molar-refractivity contribution < 1.29 is 13.2 Å². The van der Waals surface area contributed by atoms with Crippen molar-refractivity contribution >= 4 is 27.3 Å². The number of piperidine rings is 1. The first-order chi connectivity index (χ1) is 13.0. The number of likely N-dealkylation sites (N-methyl/N-ethyl adjacent to an activating group) is 1. The van der Waals surface area contributed by atoms with Gasteiger partial charge in [-0.3, -0.25) is 9.78 Å². The molecule has 4 heterocycles. The molecule has 144 valence electrons. The first-order valence-electron chi connectivity index (χ1n) is 8.96. The number of rotatable bonds is 3. The van der Waals surface area contributed by atoms with Crippen LogP contribution in [0.25, 0.3) is 0 Å². The third kappa shape index (κ3) is 3.52. The van der Waals surface area contributed by atoms with Crippen molar-refractivity contribution in [2.75, 3.05) is 26.7 Å². The molecule has 1 amide bonds. The highest BCUT2D eigenvalue weighted by Gasteiger charge is 2.37. The summed E-state index contributed by atoms with van der Waals surface area (Å²) in [6.07, 6.45) is 4.97. The fourth-order valence-corrected chi connectivity index (χ4v) is 6.43. The van der Waals surface area contributed by atoms with Gasteiger partial charge in [0.05, 0.1) is 10.9 Å². The topological polar surface area (TPSA) is 82.6 Å². The Morgan fingerprint density at radius 3 is 2.63 bits per heavy atom. The highest BCUT2D eigenvalue weighted by molar-refractivity contribution is 7.89. The molecule has 2 aromatic rings. The summed E-state index contributed by atoms with van der Waals surface area (Å²) in [4.78, 5) is 19.7. The van der Waals surface area contributed by atoms with Crippen molar-refractivity contribution in [1.82, 2.24) is 19.5 Å². The number of nitrogens with zero attached hydrogens (tertiary/aromatic N) is 3. The van der Waals surface area contributed by atoms with Crippen LogP contribution >= 0.6 is 11.3 Å². The first kappa shape index (κ1) is 18.5. The molecule has 2 aliphatic rings. The summed E-state index contributed by atoms with van der Waals surface area (Å²) < 4.78 is 26.2. The van der Waals surface area contributed by atoms with Crippen LogP contribution in [0.5, 0.6) is 0 Å². The number of carbonyl (C=O) groups is 1. The quantitative estimate of drug-likeness (QED) is 0.839. The predicted molar refractivity (Wildman–Crippen MR) is 103 cm³/mol. The van der Waals surface area contributed by atoms with Crippen LogP contribution in [0.2, 0.25) is 0 Å². The summed E-state index contributed by atoms with van der Waals surface area (Å²) >= 11 is 1.49. The molecule has 0 aromatic carbocycles. The molecule has 0 bridgehead atoms. The van der Waals surface area contributed by atoms with Gasteiger partial charge in [0.25, 0.3) is 5.91 Å². The lowest BCUT2D eigenvalue weighted by atomic mass is 10.0. The SMILES string of the molecule is CN1CC(NC2CCN(C(=O)c3ccncc3)CC2)c2sccc2S1(=O)=O. The molecule has 27 heavy (non-hydrogen) atoms. The Morgan fingerprint density at radius 1 is 1.22 bits per heavy atom. The summed E-state index contributed by atoms with van der Waals surface area (Å²) in [6.45, 7) is 1.82. The molecule has 4 rings (SSSR count). The van der Waals surface area contributed by atoms with Crippen LogP contribution in [0.3, 0.4) is 0 Å². The molecule has 0 radical (unpaired) electrons. The van der Waals surface area contributed by atoms with Crippen LogP contribution in [0, 0.1) is 0 Å². The van der Waals surface area contributed by atoms with Crippen LogP contribution in [-0.4, -0.2) is 61.2 Å². The van der Waals surface area contributed by atoms with E-state index in [1.807, 2.05) is 10.3 Å². The molecule has 1 saturated heterocycles. The Labute approximate surface area is 163 Å². The number of fused-ring (bicyclic) bond motifs is 1. The maximum atomic E-state index is 12.5. The van der Waals surface area contributed by atoms with Crippen molar-refractivity contribution in [1.29, 1.82) is 0 Å². The average molecular weight is 407 g/mol. The van der Waals surface area contributed by atoms with E-state index in [4.69, 9.17) is 0 Å². The second kappa shape index (κ2) is 7.31. The van der Waals surface area contributed by atoms with Crippen molar-refractivity contribution in [3.63, 3.8) is 0 Å². The van der Waals surface area contributed by atoms with Crippen molar-refractivity contribution in [2.45, 2.75) is 29.8 Å². The number of hydrogen-bond acceptors (Lipinski definition) is 6. The highest BCUT2D eigenvalue weighted by Crippen LogP contribution is 2.36. The van der Waals surface area contributed by atoms with Gasteiger partial charge in [-0.1, -0.05) is 0 Å². The molecular weight excluding hydrogens is 384 g/mol. The van der Waals surface area contributed by atoms with E-state index in [1.54, 1.807) is 37.6 Å². The van der Waals surface area contributed by atoms with Gasteiger partial charge in [0.1, 0.15) is 0 Å². The summed E-state index contributed by atoms with van der Waals surface area (Å²) in [7, 11) is -1.73. The van der Waals surface area contributed by atoms with Crippen molar-refractivity contribution in [3.05, 3.63) is 46.4 Å². The number of likely N-dealkylation sites (tertiary alicyclic amines) is 1. The maximum Gasteiger partial charge on any atom is 0.253 e. The zero-order valence-electron chi connectivity index (χ0n) is 15.0. The van der Waals surface area contributed by atoms with Crippen molar-refractivity contribution in [2.24, 2.45) is 0 Å². The molecule has 0 spiro atoms. The van der Waals surface area contributed by atoms with E-state index < -0.39 is 10.0 Å². The lowest BCUT2D eigenvalue weighted by molar-refractivity contribution is 0.0700. The van der Waals surface area contributed by atoms with Crippen LogP contribution < -0.4 is 5.32 Å². The van der Waals surface area contributed by atoms with Crippen LogP contribution in [0.15, 0.2) is 40.9 Å². The predicted octanol–water partition coefficient (Wildman–Crippen LogP) is 1.71. The van der Waals surface area contributed by atoms with Gasteiger partial charge in [0.2, 0.25) is 10.0 Å². The lowest BCUT2D eigenvalue weighted by Crippen LogP contribution is -2.49. The Kier molecular flexibility index (Phi) is 5.02. The minimum absolute atomic E-state index is 0.000902. The van der Waals surface area contributed by atoms with Crippen LogP contribution in [-0.2, 0) is 10.0 Å². The Hall–Kier alpha value is -1.81. The van der Waals surface area contributed by atoms with Crippen LogP contribution in [0.4, 0.5) is 0 Å². The number of carbonyl (C=O) groups excluding carboxylic acids is 1. The number of hydrogen-bond donors (Lipinski definition) is 1. The second-order valence-corrected chi connectivity index (χ2v) is 9.92. The Bertz CT molecular complexity index is 921. The second-order valence-electron chi connectivity index (χ2n) is 6.96. The Morgan fingerprint density at radius 2 is 1.93 bits per heavy atom. The molecule has 1 unspecified atom stereocenters. The Balaban J connectivity index is 1.40. The van der Waals surface area contributed by atoms with Gasteiger partial charge < -0.3 is 10.2 Å². The largest absolute Gasteiger partial charge is 0.339 e. The van der Waals surface area contributed by atoms with E-state index >= 15 is 0 Å². The highest BCUT2D eigenvalue weighted by atomic mass is 32.2. The van der Waals surface area contributed by atoms with Gasteiger partial charge in [-0.2, -0.15) is 4.31 Å². The number of sulfonamides is 1. The smallest absolute Gasteiger partial charge is 0.253 e. The van der Waals surface area contributed by atoms with E-state index in [1.165, 1.54) is 15.6 Å². The summed E-state index contributed by atoms with van der Waals surface area (Å²) in [5.41, 5.74) is 0.666. The molecule has 0 aliphatic carbocycles. The first-order valence-corrected chi connectivity index (χ1v) is 11.3. The fraction of sp³-hybridized carbons (Fsp3) is 0.444. The number of thiophene rings is 1. The number of aromatic nitrogens is 1. The average Bonchev–Trinajstić information content (AvgIpc) is 3.18. The number of pyridine rings is 1. The van der Waals surface area contributed by atoms with Gasteiger partial charge in [-0.25, -0.2) is 8.42 Å². The molecule has 2 aliphatic heterocycles. The van der Waals surface area contributed by atoms with E-state index in [-0.39, 0.29) is 18.0 Å². The molecular formula is C18H22N4O3S2. The summed E-state index contributed by atoms with van der Waals surface area (Å²) in [5, 5.41) is 5.46.